The number of nitrogens with zero attached hydrogens (tertiary/aromatic N) is 5. The molecule has 3 aromatic rings. The first-order valence-electron chi connectivity index (χ1n) is 17.6. The molecular weight excluding hydrogens is 652 g/mol. The predicted molar refractivity (Wildman–Crippen MR) is 187 cm³/mol. The summed E-state index contributed by atoms with van der Waals surface area (Å²) in [5.41, 5.74) is 0.762. The van der Waals surface area contributed by atoms with Gasteiger partial charge in [-0.1, -0.05) is 73.7 Å². The molecule has 13 nitrogen and oxygen atoms in total. The molecule has 3 fully saturated rings. The third-order valence-electron chi connectivity index (χ3n) is 10.4. The van der Waals surface area contributed by atoms with Crippen LogP contribution < -0.4 is 5.32 Å². The number of fused-ring (bicyclic) bond motifs is 2. The van der Waals surface area contributed by atoms with E-state index >= 15 is 0 Å². The van der Waals surface area contributed by atoms with E-state index in [4.69, 9.17) is 9.47 Å². The zero-order valence-corrected chi connectivity index (χ0v) is 29.1. The summed E-state index contributed by atoms with van der Waals surface area (Å²) < 4.78 is 14.4. The van der Waals surface area contributed by atoms with Crippen molar-refractivity contribution in [1.82, 2.24) is 30.1 Å². The lowest BCUT2D eigenvalue weighted by Gasteiger charge is -2.40. The average Bonchev–Trinajstić information content (AvgIpc) is 3.89. The van der Waals surface area contributed by atoms with E-state index in [1.807, 2.05) is 68.4 Å². The fourth-order valence-corrected chi connectivity index (χ4v) is 7.99. The van der Waals surface area contributed by atoms with Gasteiger partial charge in [0.25, 0.3) is 0 Å². The van der Waals surface area contributed by atoms with Crippen molar-refractivity contribution in [3.63, 3.8) is 0 Å². The molecule has 1 spiro atoms. The Kier molecular flexibility index (Phi) is 10.7. The number of hydrogen-bond donors (Lipinski definition) is 2. The summed E-state index contributed by atoms with van der Waals surface area (Å²) in [5, 5.41) is 22.0. The Balaban J connectivity index is 1.32. The Hall–Kier alpha value is -4.88. The van der Waals surface area contributed by atoms with Crippen LogP contribution >= 0.6 is 0 Å². The number of hydrogen-bond acceptors (Lipinski definition) is 9. The van der Waals surface area contributed by atoms with Crippen LogP contribution in [0.1, 0.15) is 51.2 Å². The van der Waals surface area contributed by atoms with Gasteiger partial charge in [0, 0.05) is 13.0 Å². The Morgan fingerprint density at radius 3 is 2.59 bits per heavy atom. The summed E-state index contributed by atoms with van der Waals surface area (Å²) in [6.07, 6.45) is 3.36. The van der Waals surface area contributed by atoms with Gasteiger partial charge < -0.3 is 29.7 Å². The number of nitrogens with one attached hydrogen (secondary N) is 1. The standard InChI is InChI=1S/C38H46N6O7/c1-5-7-17-31(46)39-21-30(25-13-9-8-10-14-25)50-37(49)32-29-18-19-38(51-29)33(32)35(47)44(28(22-45)24(3)4)34(38)36(48)42(20-6-2)23-43-27-16-12-11-15-26(27)40-41-43/h5-6,8-16,24,28-30,32-34,45H,1-2,7,17-23H2,3-4H3,(H,39,46)/t28-,29+,30+,32-,33-,34+,38-/m0/s1. The average molecular weight is 699 g/mol. The minimum Gasteiger partial charge on any atom is -0.455 e. The van der Waals surface area contributed by atoms with Gasteiger partial charge in [0.15, 0.2) is 0 Å². The van der Waals surface area contributed by atoms with Gasteiger partial charge in [0.2, 0.25) is 17.7 Å². The highest BCUT2D eigenvalue weighted by molar-refractivity contribution is 5.98. The van der Waals surface area contributed by atoms with Gasteiger partial charge in [-0.05, 0) is 42.9 Å². The predicted octanol–water partition coefficient (Wildman–Crippen LogP) is 3.16. The number of rotatable bonds is 16. The van der Waals surface area contributed by atoms with Gasteiger partial charge in [-0.25, -0.2) is 4.68 Å². The number of aliphatic hydroxyl groups excluding tert-OH is 1. The lowest BCUT2D eigenvalue weighted by Crippen LogP contribution is -2.59. The third-order valence-corrected chi connectivity index (χ3v) is 10.4. The lowest BCUT2D eigenvalue weighted by molar-refractivity contribution is -0.161. The maximum absolute atomic E-state index is 14.9. The van der Waals surface area contributed by atoms with Gasteiger partial charge in [0.1, 0.15) is 29.9 Å². The van der Waals surface area contributed by atoms with E-state index in [2.05, 4.69) is 28.8 Å². The van der Waals surface area contributed by atoms with Crippen molar-refractivity contribution in [2.24, 2.45) is 17.8 Å². The van der Waals surface area contributed by atoms with Crippen LogP contribution in [0.2, 0.25) is 0 Å². The minimum absolute atomic E-state index is 0.0300. The number of para-hydroxylation sites is 1. The van der Waals surface area contributed by atoms with Crippen molar-refractivity contribution in [3.05, 3.63) is 85.5 Å². The summed E-state index contributed by atoms with van der Waals surface area (Å²) in [6.45, 7) is 11.1. The first-order valence-corrected chi connectivity index (χ1v) is 17.6. The van der Waals surface area contributed by atoms with Crippen molar-refractivity contribution < 1.29 is 33.8 Å². The highest BCUT2D eigenvalue weighted by atomic mass is 16.6. The number of esters is 1. The molecule has 2 N–H and O–H groups in total. The van der Waals surface area contributed by atoms with Crippen LogP contribution in [-0.2, 0) is 35.3 Å². The first kappa shape index (κ1) is 35.9. The van der Waals surface area contributed by atoms with E-state index in [0.717, 1.165) is 5.52 Å². The number of likely N-dealkylation sites (tertiary alicyclic amines) is 1. The van der Waals surface area contributed by atoms with E-state index in [-0.39, 0.29) is 44.6 Å². The van der Waals surface area contributed by atoms with Crippen LogP contribution in [0.4, 0.5) is 0 Å². The Labute approximate surface area is 297 Å². The molecule has 0 radical (unpaired) electrons. The second kappa shape index (κ2) is 15.2. The second-order valence-corrected chi connectivity index (χ2v) is 13.8. The van der Waals surface area contributed by atoms with E-state index in [9.17, 15) is 24.3 Å². The lowest BCUT2D eigenvalue weighted by atomic mass is 9.70. The molecule has 51 heavy (non-hydrogen) atoms. The van der Waals surface area contributed by atoms with E-state index in [1.54, 1.807) is 21.7 Å². The molecule has 3 amide bonds. The number of aliphatic hydroxyl groups is 1. The molecule has 270 valence electrons. The molecule has 2 bridgehead atoms. The summed E-state index contributed by atoms with van der Waals surface area (Å²) in [7, 11) is 0. The molecule has 13 heteroatoms. The molecule has 3 aliphatic heterocycles. The number of ether oxygens (including phenoxy) is 2. The maximum Gasteiger partial charge on any atom is 0.313 e. The topological polar surface area (TPSA) is 156 Å². The van der Waals surface area contributed by atoms with Crippen molar-refractivity contribution in [3.8, 4) is 0 Å². The summed E-state index contributed by atoms with van der Waals surface area (Å²) >= 11 is 0. The molecule has 0 unspecified atom stereocenters. The van der Waals surface area contributed by atoms with Crippen LogP contribution in [-0.4, -0.2) is 97.1 Å². The van der Waals surface area contributed by atoms with Crippen LogP contribution in [0.5, 0.6) is 0 Å². The Morgan fingerprint density at radius 1 is 1.14 bits per heavy atom. The van der Waals surface area contributed by atoms with Crippen molar-refractivity contribution >= 4 is 34.7 Å². The molecule has 7 atom stereocenters. The fraction of sp³-hybridized carbons (Fsp3) is 0.474. The second-order valence-electron chi connectivity index (χ2n) is 13.8. The number of aromatic nitrogens is 3. The number of amides is 3. The SMILES string of the molecule is C=CCCC(=O)NC[C@@H](OC(=O)[C@@H]1[C@H]2C(=O)N([C@@H](CO)C(C)C)[C@H](C(=O)N(CC=C)Cn3nnc4ccccc43)[C@]23CC[C@H]1O3)c1ccccc1. The molecule has 6 rings (SSSR count). The number of carbonyl (C=O) groups excluding carboxylic acids is 4. The monoisotopic (exact) mass is 698 g/mol. The van der Waals surface area contributed by atoms with Crippen LogP contribution in [0.25, 0.3) is 11.0 Å². The van der Waals surface area contributed by atoms with Crippen LogP contribution in [0, 0.1) is 17.8 Å². The molecular formula is C38H46N6O7. The first-order chi connectivity index (χ1) is 24.6. The van der Waals surface area contributed by atoms with Gasteiger partial charge in [-0.3, -0.25) is 19.2 Å². The smallest absolute Gasteiger partial charge is 0.313 e. The third kappa shape index (κ3) is 6.67. The molecule has 3 aliphatic rings. The van der Waals surface area contributed by atoms with Crippen molar-refractivity contribution in [1.29, 1.82) is 0 Å². The van der Waals surface area contributed by atoms with Crippen LogP contribution in [0.3, 0.4) is 0 Å². The molecule has 0 saturated carbocycles. The van der Waals surface area contributed by atoms with Crippen LogP contribution in [0.15, 0.2) is 79.9 Å². The molecule has 3 saturated heterocycles. The highest BCUT2D eigenvalue weighted by Crippen LogP contribution is 2.59. The normalized spacial score (nSPS) is 24.7. The van der Waals surface area contributed by atoms with Crippen molar-refractivity contribution in [2.75, 3.05) is 19.7 Å². The summed E-state index contributed by atoms with van der Waals surface area (Å²) in [4.78, 5) is 59.3. The summed E-state index contributed by atoms with van der Waals surface area (Å²) in [6, 6.07) is 14.7. The minimum atomic E-state index is -1.32. The number of allylic oxidation sites excluding steroid dienone is 1. The fourth-order valence-electron chi connectivity index (χ4n) is 7.99. The van der Waals surface area contributed by atoms with Gasteiger partial charge in [0.05, 0.1) is 42.6 Å². The number of benzene rings is 2. The highest BCUT2D eigenvalue weighted by Gasteiger charge is 2.76. The number of carbonyl (C=O) groups is 4. The van der Waals surface area contributed by atoms with Gasteiger partial charge >= 0.3 is 5.97 Å². The Morgan fingerprint density at radius 2 is 1.88 bits per heavy atom. The molecule has 1 aromatic heterocycles. The quantitative estimate of drug-likeness (QED) is 0.170. The van der Waals surface area contributed by atoms with Gasteiger partial charge in [-0.15, -0.1) is 18.3 Å². The summed E-state index contributed by atoms with van der Waals surface area (Å²) in [5.74, 6) is -3.89. The zero-order chi connectivity index (χ0) is 36.3. The molecule has 2 aromatic carbocycles. The van der Waals surface area contributed by atoms with Gasteiger partial charge in [-0.2, -0.15) is 0 Å². The zero-order valence-electron chi connectivity index (χ0n) is 29.1. The van der Waals surface area contributed by atoms with E-state index in [0.29, 0.717) is 30.3 Å². The Bertz CT molecular complexity index is 1780. The molecule has 4 heterocycles. The largest absolute Gasteiger partial charge is 0.455 e. The van der Waals surface area contributed by atoms with E-state index in [1.165, 1.54) is 4.90 Å². The van der Waals surface area contributed by atoms with Crippen molar-refractivity contribution in [2.45, 2.75) is 76.1 Å². The maximum atomic E-state index is 14.9. The van der Waals surface area contributed by atoms with E-state index < -0.39 is 59.5 Å². The molecule has 0 aliphatic carbocycles.